The maximum atomic E-state index is 12.4. The number of aromatic nitrogens is 3. The molecule has 6 nitrogen and oxygen atoms in total. The van der Waals surface area contributed by atoms with Crippen molar-refractivity contribution in [3.8, 4) is 0 Å². The Morgan fingerprint density at radius 2 is 2.14 bits per heavy atom. The molecule has 0 unspecified atom stereocenters. The summed E-state index contributed by atoms with van der Waals surface area (Å²) in [6.45, 7) is 7.18. The molecule has 1 N–H and O–H groups in total. The minimum atomic E-state index is -0.139. The number of rotatable bonds is 4. The molecule has 114 valence electrons. The van der Waals surface area contributed by atoms with Crippen molar-refractivity contribution in [3.63, 3.8) is 0 Å². The largest absolute Gasteiger partial charge is 0.383 e. The van der Waals surface area contributed by atoms with E-state index in [1.807, 2.05) is 13.1 Å². The summed E-state index contributed by atoms with van der Waals surface area (Å²) in [5, 5.41) is 7.82. The van der Waals surface area contributed by atoms with Gasteiger partial charge in [-0.1, -0.05) is 20.8 Å². The third-order valence-electron chi connectivity index (χ3n) is 3.31. The highest BCUT2D eigenvalue weighted by Gasteiger charge is 2.21. The average molecular weight is 290 g/mol. The lowest BCUT2D eigenvalue weighted by Gasteiger charge is -2.19. The molecule has 0 fully saturated rings. The molecule has 0 spiro atoms. The van der Waals surface area contributed by atoms with Crippen LogP contribution in [-0.4, -0.2) is 40.9 Å². The van der Waals surface area contributed by atoms with Crippen LogP contribution in [0.5, 0.6) is 0 Å². The third kappa shape index (κ3) is 3.21. The Bertz CT molecular complexity index is 655. The van der Waals surface area contributed by atoms with Gasteiger partial charge in [0, 0.05) is 31.8 Å². The zero-order valence-electron chi connectivity index (χ0n) is 13.2. The second kappa shape index (κ2) is 5.81. The fourth-order valence-electron chi connectivity index (χ4n) is 2.05. The molecule has 0 aliphatic carbocycles. The molecule has 2 rings (SSSR count). The molecule has 6 heteroatoms. The van der Waals surface area contributed by atoms with Gasteiger partial charge in [0.1, 0.15) is 0 Å². The van der Waals surface area contributed by atoms with Crippen LogP contribution in [0.1, 0.15) is 36.8 Å². The number of ether oxygens (including phenoxy) is 1. The molecule has 2 aromatic rings. The van der Waals surface area contributed by atoms with Crippen molar-refractivity contribution in [1.29, 1.82) is 0 Å². The summed E-state index contributed by atoms with van der Waals surface area (Å²) in [7, 11) is 3.43. The van der Waals surface area contributed by atoms with Crippen LogP contribution in [0.4, 0.5) is 0 Å². The highest BCUT2D eigenvalue weighted by molar-refractivity contribution is 6.05. The van der Waals surface area contributed by atoms with Crippen LogP contribution < -0.4 is 5.32 Å². The second-order valence-corrected chi connectivity index (χ2v) is 6.06. The number of carbonyl (C=O) groups is 1. The van der Waals surface area contributed by atoms with Crippen LogP contribution in [0.3, 0.4) is 0 Å². The molecule has 0 atom stereocenters. The van der Waals surface area contributed by atoms with E-state index in [0.29, 0.717) is 18.7 Å². The summed E-state index contributed by atoms with van der Waals surface area (Å²) in [5.74, 6) is -0.127. The first kappa shape index (κ1) is 15.4. The summed E-state index contributed by atoms with van der Waals surface area (Å²) >= 11 is 0. The molecule has 0 bridgehead atoms. The van der Waals surface area contributed by atoms with Gasteiger partial charge in [0.05, 0.1) is 23.8 Å². The van der Waals surface area contributed by atoms with Gasteiger partial charge in [0.15, 0.2) is 5.65 Å². The minimum Gasteiger partial charge on any atom is -0.383 e. The number of pyridine rings is 1. The molecule has 1 amide bonds. The molecule has 0 aromatic carbocycles. The molecule has 2 heterocycles. The summed E-state index contributed by atoms with van der Waals surface area (Å²) in [6.07, 6.45) is 1.68. The van der Waals surface area contributed by atoms with Crippen molar-refractivity contribution in [2.45, 2.75) is 26.2 Å². The molecule has 0 radical (unpaired) electrons. The van der Waals surface area contributed by atoms with Gasteiger partial charge in [-0.05, 0) is 6.07 Å². The van der Waals surface area contributed by atoms with Crippen molar-refractivity contribution in [2.24, 2.45) is 7.05 Å². The normalized spacial score (nSPS) is 11.9. The number of amides is 1. The Balaban J connectivity index is 2.48. The number of carbonyl (C=O) groups excluding carboxylic acids is 1. The van der Waals surface area contributed by atoms with Crippen molar-refractivity contribution >= 4 is 16.9 Å². The first-order chi connectivity index (χ1) is 9.84. The lowest BCUT2D eigenvalue weighted by molar-refractivity contribution is 0.0938. The summed E-state index contributed by atoms with van der Waals surface area (Å²) < 4.78 is 6.65. The Morgan fingerprint density at radius 1 is 1.43 bits per heavy atom. The van der Waals surface area contributed by atoms with Crippen LogP contribution >= 0.6 is 0 Å². The summed E-state index contributed by atoms with van der Waals surface area (Å²) in [5.41, 5.74) is 2.06. The zero-order valence-corrected chi connectivity index (χ0v) is 13.2. The van der Waals surface area contributed by atoms with Crippen molar-refractivity contribution in [3.05, 3.63) is 23.5 Å². The lowest BCUT2D eigenvalue weighted by Crippen LogP contribution is -2.28. The Labute approximate surface area is 124 Å². The van der Waals surface area contributed by atoms with Crippen LogP contribution in [-0.2, 0) is 17.2 Å². The third-order valence-corrected chi connectivity index (χ3v) is 3.31. The predicted octanol–water partition coefficient (Wildman–Crippen LogP) is 1.64. The first-order valence-corrected chi connectivity index (χ1v) is 6.95. The van der Waals surface area contributed by atoms with Gasteiger partial charge >= 0.3 is 0 Å². The van der Waals surface area contributed by atoms with E-state index < -0.39 is 0 Å². The van der Waals surface area contributed by atoms with Crippen LogP contribution in [0.2, 0.25) is 0 Å². The number of aryl methyl sites for hydroxylation is 1. The highest BCUT2D eigenvalue weighted by atomic mass is 16.5. The molecule has 0 saturated heterocycles. The average Bonchev–Trinajstić information content (AvgIpc) is 2.79. The number of methoxy groups -OCH3 is 1. The number of fused-ring (bicyclic) bond motifs is 1. The van der Waals surface area contributed by atoms with E-state index in [2.05, 4.69) is 36.2 Å². The van der Waals surface area contributed by atoms with Crippen LogP contribution in [0.25, 0.3) is 11.0 Å². The molecule has 2 aromatic heterocycles. The molecule has 0 aliphatic rings. The summed E-state index contributed by atoms with van der Waals surface area (Å²) in [4.78, 5) is 17.0. The van der Waals surface area contributed by atoms with Gasteiger partial charge < -0.3 is 10.1 Å². The molecular weight excluding hydrogens is 268 g/mol. The predicted molar refractivity (Wildman–Crippen MR) is 81.4 cm³/mol. The minimum absolute atomic E-state index is 0.127. The van der Waals surface area contributed by atoms with Gasteiger partial charge in [0.2, 0.25) is 0 Å². The van der Waals surface area contributed by atoms with E-state index >= 15 is 0 Å². The Morgan fingerprint density at radius 3 is 2.76 bits per heavy atom. The standard InChI is InChI=1S/C15H22N4O2/c1-15(2,3)12-8-10(14(20)16-6-7-21-5)11-9-17-19(4)13(11)18-12/h8-9H,6-7H2,1-5H3,(H,16,20). The van der Waals surface area contributed by atoms with Crippen molar-refractivity contribution in [2.75, 3.05) is 20.3 Å². The van der Waals surface area contributed by atoms with E-state index in [-0.39, 0.29) is 11.3 Å². The fraction of sp³-hybridized carbons (Fsp3) is 0.533. The van der Waals surface area contributed by atoms with Crippen molar-refractivity contribution in [1.82, 2.24) is 20.1 Å². The van der Waals surface area contributed by atoms with Crippen LogP contribution in [0.15, 0.2) is 12.3 Å². The Hall–Kier alpha value is -1.95. The van der Waals surface area contributed by atoms with E-state index in [9.17, 15) is 4.79 Å². The number of hydrogen-bond acceptors (Lipinski definition) is 4. The number of nitrogens with zero attached hydrogens (tertiary/aromatic N) is 3. The van der Waals surface area contributed by atoms with E-state index in [0.717, 1.165) is 16.7 Å². The molecule has 21 heavy (non-hydrogen) atoms. The van der Waals surface area contributed by atoms with E-state index in [1.165, 1.54) is 0 Å². The lowest BCUT2D eigenvalue weighted by atomic mass is 9.90. The van der Waals surface area contributed by atoms with Crippen molar-refractivity contribution < 1.29 is 9.53 Å². The fourth-order valence-corrected chi connectivity index (χ4v) is 2.05. The SMILES string of the molecule is COCCNC(=O)c1cc(C(C)(C)C)nc2c1cnn2C. The quantitative estimate of drug-likeness (QED) is 0.869. The maximum absolute atomic E-state index is 12.4. The van der Waals surface area contributed by atoms with Gasteiger partial charge in [-0.2, -0.15) is 5.10 Å². The van der Waals surface area contributed by atoms with Gasteiger partial charge in [-0.3, -0.25) is 9.48 Å². The summed E-state index contributed by atoms with van der Waals surface area (Å²) in [6, 6.07) is 1.85. The topological polar surface area (TPSA) is 69.0 Å². The van der Waals surface area contributed by atoms with Gasteiger partial charge in [-0.15, -0.1) is 0 Å². The highest BCUT2D eigenvalue weighted by Crippen LogP contribution is 2.25. The molecule has 0 aliphatic heterocycles. The van der Waals surface area contributed by atoms with E-state index in [4.69, 9.17) is 4.74 Å². The Kier molecular flexibility index (Phi) is 4.27. The molecule has 0 saturated carbocycles. The molecular formula is C15H22N4O2. The maximum Gasteiger partial charge on any atom is 0.252 e. The van der Waals surface area contributed by atoms with E-state index in [1.54, 1.807) is 18.0 Å². The monoisotopic (exact) mass is 290 g/mol. The van der Waals surface area contributed by atoms with Gasteiger partial charge in [-0.25, -0.2) is 4.98 Å². The van der Waals surface area contributed by atoms with Crippen LogP contribution in [0, 0.1) is 0 Å². The number of nitrogens with one attached hydrogen (secondary N) is 1. The zero-order chi connectivity index (χ0) is 15.6. The smallest absolute Gasteiger partial charge is 0.252 e. The first-order valence-electron chi connectivity index (χ1n) is 6.95. The van der Waals surface area contributed by atoms with Gasteiger partial charge in [0.25, 0.3) is 5.91 Å². The number of hydrogen-bond donors (Lipinski definition) is 1. The second-order valence-electron chi connectivity index (χ2n) is 6.06.